The summed E-state index contributed by atoms with van der Waals surface area (Å²) < 4.78 is 5.40. The second-order valence-electron chi connectivity index (χ2n) is 7.75. The van der Waals surface area contributed by atoms with Gasteiger partial charge in [0.2, 0.25) is 0 Å². The molecule has 0 aliphatic rings. The van der Waals surface area contributed by atoms with E-state index in [1.807, 2.05) is 91.0 Å². The van der Waals surface area contributed by atoms with Crippen LogP contribution in [0.1, 0.15) is 36.0 Å². The molecule has 0 spiro atoms. The second-order valence-corrected chi connectivity index (χ2v) is 7.75. The molecule has 0 aliphatic heterocycles. The number of benzene rings is 3. The van der Waals surface area contributed by atoms with Crippen LogP contribution in [-0.4, -0.2) is 29.7 Å². The van der Waals surface area contributed by atoms with Crippen molar-refractivity contribution in [2.24, 2.45) is 0 Å². The molecule has 0 aromatic heterocycles. The van der Waals surface area contributed by atoms with Crippen molar-refractivity contribution in [1.29, 1.82) is 0 Å². The summed E-state index contributed by atoms with van der Waals surface area (Å²) in [4.78, 5) is 24.2. The van der Waals surface area contributed by atoms with E-state index < -0.39 is 23.5 Å². The van der Waals surface area contributed by atoms with Crippen LogP contribution >= 0.6 is 0 Å². The van der Waals surface area contributed by atoms with Crippen molar-refractivity contribution in [3.8, 4) is 0 Å². The number of aliphatic carboxylic acids is 1. The number of hydrogen-bond donors (Lipinski definition) is 2. The zero-order valence-corrected chi connectivity index (χ0v) is 18.5. The predicted octanol–water partition coefficient (Wildman–Crippen LogP) is 4.92. The van der Waals surface area contributed by atoms with Crippen molar-refractivity contribution < 1.29 is 19.4 Å². The first-order valence-electron chi connectivity index (χ1n) is 11.0. The van der Waals surface area contributed by atoms with Crippen molar-refractivity contribution in [1.82, 2.24) is 5.32 Å². The topological polar surface area (TPSA) is 75.6 Å². The first-order chi connectivity index (χ1) is 16.1. The minimum atomic E-state index is -0.895. The SMILES string of the molecule is C=CCOC(=O)[C@H](CCCC(=O)O)NC(c1ccccc1)(c1ccccc1)c1ccccc1. The van der Waals surface area contributed by atoms with E-state index in [4.69, 9.17) is 9.84 Å². The number of carboxylic acid groups (broad SMARTS) is 1. The molecule has 0 fully saturated rings. The zero-order chi connectivity index (χ0) is 23.5. The second kappa shape index (κ2) is 11.8. The highest BCUT2D eigenvalue weighted by Gasteiger charge is 2.40. The summed E-state index contributed by atoms with van der Waals surface area (Å²) in [6, 6.07) is 29.1. The van der Waals surface area contributed by atoms with E-state index in [0.29, 0.717) is 12.8 Å². The lowest BCUT2D eigenvalue weighted by Crippen LogP contribution is -2.53. The Balaban J connectivity index is 2.14. The van der Waals surface area contributed by atoms with Gasteiger partial charge in [0.25, 0.3) is 0 Å². The molecule has 0 unspecified atom stereocenters. The normalized spacial score (nSPS) is 12.0. The molecule has 0 radical (unpaired) electrons. The van der Waals surface area contributed by atoms with Crippen LogP contribution in [0.15, 0.2) is 104 Å². The van der Waals surface area contributed by atoms with Gasteiger partial charge in [0.05, 0.1) is 5.54 Å². The lowest BCUT2D eigenvalue weighted by Gasteiger charge is -2.39. The van der Waals surface area contributed by atoms with Gasteiger partial charge in [0.1, 0.15) is 12.6 Å². The van der Waals surface area contributed by atoms with Crippen molar-refractivity contribution in [3.05, 3.63) is 120 Å². The maximum atomic E-state index is 13.1. The minimum Gasteiger partial charge on any atom is -0.481 e. The van der Waals surface area contributed by atoms with E-state index in [1.54, 1.807) is 0 Å². The lowest BCUT2D eigenvalue weighted by atomic mass is 9.76. The summed E-state index contributed by atoms with van der Waals surface area (Å²) in [7, 11) is 0. The van der Waals surface area contributed by atoms with E-state index in [1.165, 1.54) is 6.08 Å². The molecule has 5 heteroatoms. The third kappa shape index (κ3) is 5.96. The number of nitrogens with one attached hydrogen (secondary N) is 1. The highest BCUT2D eigenvalue weighted by atomic mass is 16.5. The molecule has 3 aromatic carbocycles. The molecule has 0 heterocycles. The Morgan fingerprint density at radius 2 is 1.33 bits per heavy atom. The minimum absolute atomic E-state index is 0.0259. The van der Waals surface area contributed by atoms with Gasteiger partial charge in [0, 0.05) is 6.42 Å². The average molecular weight is 444 g/mol. The van der Waals surface area contributed by atoms with Crippen LogP contribution in [-0.2, 0) is 19.9 Å². The van der Waals surface area contributed by atoms with E-state index in [2.05, 4.69) is 11.9 Å². The molecule has 170 valence electrons. The average Bonchev–Trinajstić information content (AvgIpc) is 2.86. The van der Waals surface area contributed by atoms with Gasteiger partial charge in [-0.3, -0.25) is 14.9 Å². The fourth-order valence-corrected chi connectivity index (χ4v) is 4.02. The molecule has 5 nitrogen and oxygen atoms in total. The Morgan fingerprint density at radius 3 is 1.73 bits per heavy atom. The summed E-state index contributed by atoms with van der Waals surface area (Å²) in [6.07, 6.45) is 2.15. The van der Waals surface area contributed by atoms with E-state index in [0.717, 1.165) is 16.7 Å². The van der Waals surface area contributed by atoms with Crippen LogP contribution < -0.4 is 5.32 Å². The van der Waals surface area contributed by atoms with E-state index in [-0.39, 0.29) is 13.0 Å². The third-order valence-corrected chi connectivity index (χ3v) is 5.52. The third-order valence-electron chi connectivity index (χ3n) is 5.52. The molecule has 3 aromatic rings. The maximum Gasteiger partial charge on any atom is 0.323 e. The summed E-state index contributed by atoms with van der Waals surface area (Å²) in [5.74, 6) is -1.33. The quantitative estimate of drug-likeness (QED) is 0.236. The Kier molecular flexibility index (Phi) is 8.56. The van der Waals surface area contributed by atoms with Crippen LogP contribution in [0.4, 0.5) is 0 Å². The number of carbonyl (C=O) groups excluding carboxylic acids is 1. The van der Waals surface area contributed by atoms with Gasteiger partial charge in [-0.05, 0) is 29.5 Å². The Labute approximate surface area is 194 Å². The molecule has 0 saturated heterocycles. The summed E-state index contributed by atoms with van der Waals surface area (Å²) >= 11 is 0. The Bertz CT molecular complexity index is 939. The monoisotopic (exact) mass is 443 g/mol. The first-order valence-corrected chi connectivity index (χ1v) is 11.0. The van der Waals surface area contributed by atoms with Gasteiger partial charge >= 0.3 is 11.9 Å². The van der Waals surface area contributed by atoms with Crippen molar-refractivity contribution in [2.75, 3.05) is 6.61 Å². The molecule has 0 aliphatic carbocycles. The van der Waals surface area contributed by atoms with Crippen molar-refractivity contribution >= 4 is 11.9 Å². The van der Waals surface area contributed by atoms with E-state index in [9.17, 15) is 9.59 Å². The highest BCUT2D eigenvalue weighted by Crippen LogP contribution is 2.37. The van der Waals surface area contributed by atoms with Crippen LogP contribution in [0.25, 0.3) is 0 Å². The number of esters is 1. The molecule has 0 amide bonds. The van der Waals surface area contributed by atoms with Crippen molar-refractivity contribution in [3.63, 3.8) is 0 Å². The number of ether oxygens (including phenoxy) is 1. The number of carboxylic acids is 1. The Morgan fingerprint density at radius 1 is 0.879 bits per heavy atom. The highest BCUT2D eigenvalue weighted by molar-refractivity contribution is 5.76. The molecular formula is C28H29NO4. The predicted molar refractivity (Wildman–Crippen MR) is 129 cm³/mol. The molecule has 0 bridgehead atoms. The van der Waals surface area contributed by atoms with Crippen LogP contribution in [0.2, 0.25) is 0 Å². The van der Waals surface area contributed by atoms with Gasteiger partial charge in [-0.25, -0.2) is 0 Å². The maximum absolute atomic E-state index is 13.1. The zero-order valence-electron chi connectivity index (χ0n) is 18.5. The summed E-state index contributed by atoms with van der Waals surface area (Å²) in [6.45, 7) is 3.71. The molecular weight excluding hydrogens is 414 g/mol. The molecule has 33 heavy (non-hydrogen) atoms. The molecule has 1 atom stereocenters. The van der Waals surface area contributed by atoms with Gasteiger partial charge in [-0.2, -0.15) is 0 Å². The van der Waals surface area contributed by atoms with Crippen LogP contribution in [0.5, 0.6) is 0 Å². The molecule has 3 rings (SSSR count). The van der Waals surface area contributed by atoms with Crippen LogP contribution in [0, 0.1) is 0 Å². The van der Waals surface area contributed by atoms with Gasteiger partial charge in [-0.15, -0.1) is 0 Å². The van der Waals surface area contributed by atoms with Gasteiger partial charge in [0.15, 0.2) is 0 Å². The standard InChI is InChI=1S/C28H29NO4/c1-2-21-33-27(32)25(19-12-20-26(30)31)29-28(22-13-6-3-7-14-22,23-15-8-4-9-16-23)24-17-10-5-11-18-24/h2-11,13-18,25,29H,1,12,19-21H2,(H,30,31)/t25-/m0/s1. The molecule has 2 N–H and O–H groups in total. The number of rotatable bonds is 12. The number of hydrogen-bond acceptors (Lipinski definition) is 4. The summed E-state index contributed by atoms with van der Waals surface area (Å²) in [5.41, 5.74) is 2.02. The largest absolute Gasteiger partial charge is 0.481 e. The van der Waals surface area contributed by atoms with E-state index >= 15 is 0 Å². The van der Waals surface area contributed by atoms with Gasteiger partial charge < -0.3 is 9.84 Å². The first kappa shape index (κ1) is 24.0. The fraction of sp³-hybridized carbons (Fsp3) is 0.214. The number of carbonyl (C=O) groups is 2. The Hall–Kier alpha value is -3.70. The smallest absolute Gasteiger partial charge is 0.323 e. The fourth-order valence-electron chi connectivity index (χ4n) is 4.02. The van der Waals surface area contributed by atoms with Crippen molar-refractivity contribution in [2.45, 2.75) is 30.8 Å². The molecule has 0 saturated carbocycles. The van der Waals surface area contributed by atoms with Crippen LogP contribution in [0.3, 0.4) is 0 Å². The lowest BCUT2D eigenvalue weighted by molar-refractivity contribution is -0.146. The summed E-state index contributed by atoms with van der Waals surface area (Å²) in [5, 5.41) is 12.7. The van der Waals surface area contributed by atoms with Gasteiger partial charge in [-0.1, -0.05) is 104 Å².